The first kappa shape index (κ1) is 20.7. The molecule has 0 amide bonds. The van der Waals surface area contributed by atoms with Gasteiger partial charge in [-0.25, -0.2) is 0 Å². The number of rotatable bonds is 3. The van der Waals surface area contributed by atoms with Gasteiger partial charge in [0.15, 0.2) is 0 Å². The Labute approximate surface area is 154 Å². The summed E-state index contributed by atoms with van der Waals surface area (Å²) >= 11 is 1.42. The van der Waals surface area contributed by atoms with Crippen molar-refractivity contribution in [2.45, 2.75) is 82.0 Å². The maximum atomic E-state index is 12.3. The second-order valence-electron chi connectivity index (χ2n) is 7.53. The maximum absolute atomic E-state index is 12.3. The summed E-state index contributed by atoms with van der Waals surface area (Å²) in [5.41, 5.74) is 0. The van der Waals surface area contributed by atoms with Crippen LogP contribution >= 0.6 is 11.8 Å². The van der Waals surface area contributed by atoms with Crippen molar-refractivity contribution in [3.8, 4) is 0 Å². The fourth-order valence-electron chi connectivity index (χ4n) is 3.79. The average Bonchev–Trinajstić information content (AvgIpc) is 2.90. The van der Waals surface area contributed by atoms with Crippen molar-refractivity contribution in [3.05, 3.63) is 12.2 Å². The lowest BCUT2D eigenvalue weighted by molar-refractivity contribution is -0.149. The van der Waals surface area contributed by atoms with E-state index in [4.69, 9.17) is 4.74 Å². The van der Waals surface area contributed by atoms with Gasteiger partial charge in [-0.1, -0.05) is 12.2 Å². The zero-order valence-corrected chi connectivity index (χ0v) is 16.0. The molecule has 0 radical (unpaired) electrons. The standard InChI is InChI=1S/C19H32O5S/c1-12(20)11-25-17-10-18(22)24-13(2)6-4-3-5-7-14-8-15(21)9-16(14)19(17)23/h5,7,12-17,19-21,23H,3-4,6,8-11H2,1-2H3/b7-5+/t12-,13-,14+,15-,16+,17+,19-/m0/s1. The van der Waals surface area contributed by atoms with Crippen molar-refractivity contribution < 1.29 is 24.9 Å². The molecule has 25 heavy (non-hydrogen) atoms. The molecule has 5 nitrogen and oxygen atoms in total. The molecule has 2 aliphatic rings. The van der Waals surface area contributed by atoms with Crippen molar-refractivity contribution >= 4 is 17.7 Å². The van der Waals surface area contributed by atoms with Gasteiger partial charge in [-0.3, -0.25) is 4.79 Å². The highest BCUT2D eigenvalue weighted by atomic mass is 32.2. The van der Waals surface area contributed by atoms with Gasteiger partial charge in [0.1, 0.15) is 0 Å². The van der Waals surface area contributed by atoms with E-state index >= 15 is 0 Å². The topological polar surface area (TPSA) is 87.0 Å². The predicted molar refractivity (Wildman–Crippen MR) is 99.3 cm³/mol. The third-order valence-electron chi connectivity index (χ3n) is 5.07. The van der Waals surface area contributed by atoms with Crippen LogP contribution in [-0.2, 0) is 9.53 Å². The highest BCUT2D eigenvalue weighted by Gasteiger charge is 2.40. The Balaban J connectivity index is 2.17. The van der Waals surface area contributed by atoms with Gasteiger partial charge in [0.2, 0.25) is 0 Å². The number of ether oxygens (including phenoxy) is 1. The highest BCUT2D eigenvalue weighted by molar-refractivity contribution is 8.00. The normalized spacial score (nSPS) is 40.1. The molecule has 0 spiro atoms. The fourth-order valence-corrected chi connectivity index (χ4v) is 4.97. The molecule has 2 rings (SSSR count). The van der Waals surface area contributed by atoms with Crippen molar-refractivity contribution in [1.82, 2.24) is 0 Å². The molecule has 1 saturated carbocycles. The average molecular weight is 373 g/mol. The molecule has 7 atom stereocenters. The molecule has 1 fully saturated rings. The summed E-state index contributed by atoms with van der Waals surface area (Å²) in [4.78, 5) is 12.3. The van der Waals surface area contributed by atoms with E-state index in [9.17, 15) is 20.1 Å². The van der Waals surface area contributed by atoms with Crippen LogP contribution < -0.4 is 0 Å². The summed E-state index contributed by atoms with van der Waals surface area (Å²) in [6.45, 7) is 3.60. The number of hydrogen-bond acceptors (Lipinski definition) is 6. The summed E-state index contributed by atoms with van der Waals surface area (Å²) in [5.74, 6) is 0.231. The van der Waals surface area contributed by atoms with Crippen LogP contribution in [0.1, 0.15) is 52.4 Å². The van der Waals surface area contributed by atoms with Gasteiger partial charge in [0.05, 0.1) is 30.8 Å². The largest absolute Gasteiger partial charge is 0.463 e. The van der Waals surface area contributed by atoms with Crippen LogP contribution in [-0.4, -0.2) is 56.7 Å². The van der Waals surface area contributed by atoms with Crippen molar-refractivity contribution in [1.29, 1.82) is 0 Å². The van der Waals surface area contributed by atoms with Crippen LogP contribution in [0.15, 0.2) is 12.2 Å². The lowest BCUT2D eigenvalue weighted by atomic mass is 9.87. The van der Waals surface area contributed by atoms with E-state index in [1.165, 1.54) is 11.8 Å². The molecule has 1 heterocycles. The van der Waals surface area contributed by atoms with Gasteiger partial charge < -0.3 is 20.1 Å². The maximum Gasteiger partial charge on any atom is 0.307 e. The number of cyclic esters (lactones) is 1. The summed E-state index contributed by atoms with van der Waals surface area (Å²) in [6, 6.07) is 0. The molecule has 0 saturated heterocycles. The Morgan fingerprint density at radius 2 is 2.12 bits per heavy atom. The minimum atomic E-state index is -0.709. The lowest BCUT2D eigenvalue weighted by Gasteiger charge is -2.30. The van der Waals surface area contributed by atoms with Crippen molar-refractivity contribution in [2.24, 2.45) is 11.8 Å². The highest BCUT2D eigenvalue weighted by Crippen LogP contribution is 2.39. The third-order valence-corrected chi connectivity index (χ3v) is 6.62. The molecule has 3 N–H and O–H groups in total. The molecular weight excluding hydrogens is 340 g/mol. The molecule has 144 valence electrons. The number of aliphatic hydroxyl groups is 3. The monoisotopic (exact) mass is 372 g/mol. The molecule has 1 aliphatic carbocycles. The van der Waals surface area contributed by atoms with E-state index in [1.807, 2.05) is 6.92 Å². The number of allylic oxidation sites excluding steroid dienone is 2. The minimum Gasteiger partial charge on any atom is -0.463 e. The number of hydrogen-bond donors (Lipinski definition) is 3. The number of fused-ring (bicyclic) bond motifs is 1. The van der Waals surface area contributed by atoms with Crippen LogP contribution in [0.5, 0.6) is 0 Å². The zero-order chi connectivity index (χ0) is 18.4. The first-order valence-electron chi connectivity index (χ1n) is 9.38. The van der Waals surface area contributed by atoms with Gasteiger partial charge in [-0.15, -0.1) is 0 Å². The van der Waals surface area contributed by atoms with Crippen LogP contribution in [0.25, 0.3) is 0 Å². The summed E-state index contributed by atoms with van der Waals surface area (Å²) in [5, 5.41) is 30.3. The fraction of sp³-hybridized carbons (Fsp3) is 0.842. The van der Waals surface area contributed by atoms with Gasteiger partial charge in [-0.2, -0.15) is 11.8 Å². The first-order chi connectivity index (χ1) is 11.9. The summed E-state index contributed by atoms with van der Waals surface area (Å²) < 4.78 is 5.48. The second kappa shape index (κ2) is 9.95. The van der Waals surface area contributed by atoms with Gasteiger partial charge in [0.25, 0.3) is 0 Å². The number of esters is 1. The second-order valence-corrected chi connectivity index (χ2v) is 8.80. The number of aliphatic hydroxyl groups excluding tert-OH is 3. The van der Waals surface area contributed by atoms with E-state index in [0.29, 0.717) is 18.6 Å². The molecule has 0 bridgehead atoms. The van der Waals surface area contributed by atoms with Crippen LogP contribution in [0.3, 0.4) is 0 Å². The Morgan fingerprint density at radius 3 is 2.84 bits per heavy atom. The van der Waals surface area contributed by atoms with Gasteiger partial charge in [-0.05, 0) is 57.8 Å². The lowest BCUT2D eigenvalue weighted by Crippen LogP contribution is -2.36. The summed E-state index contributed by atoms with van der Waals surface area (Å²) in [7, 11) is 0. The quantitative estimate of drug-likeness (QED) is 0.520. The molecule has 0 aromatic rings. The van der Waals surface area contributed by atoms with Crippen molar-refractivity contribution in [3.63, 3.8) is 0 Å². The van der Waals surface area contributed by atoms with Gasteiger partial charge >= 0.3 is 5.97 Å². The van der Waals surface area contributed by atoms with Crippen LogP contribution in [0.2, 0.25) is 0 Å². The molecule has 0 unspecified atom stereocenters. The van der Waals surface area contributed by atoms with E-state index in [-0.39, 0.29) is 35.6 Å². The van der Waals surface area contributed by atoms with E-state index in [0.717, 1.165) is 19.3 Å². The molecular formula is C19H32O5S. The molecule has 1 aliphatic heterocycles. The van der Waals surface area contributed by atoms with Crippen LogP contribution in [0, 0.1) is 11.8 Å². The summed E-state index contributed by atoms with van der Waals surface area (Å²) in [6.07, 6.45) is 6.55. The smallest absolute Gasteiger partial charge is 0.307 e. The Hall–Kier alpha value is -0.560. The zero-order valence-electron chi connectivity index (χ0n) is 15.2. The van der Waals surface area contributed by atoms with Crippen molar-refractivity contribution in [2.75, 3.05) is 5.75 Å². The molecule has 6 heteroatoms. The SMILES string of the molecule is C[C@H](O)CS[C@@H]1CC(=O)O[C@@H](C)CCC/C=C/[C@@H]2C[C@H](O)C[C@H]2[C@@H]1O. The number of thioether (sulfide) groups is 1. The first-order valence-corrected chi connectivity index (χ1v) is 10.4. The Bertz CT molecular complexity index is 453. The van der Waals surface area contributed by atoms with Gasteiger partial charge in [0, 0.05) is 11.0 Å². The third kappa shape index (κ3) is 6.59. The van der Waals surface area contributed by atoms with E-state index < -0.39 is 18.3 Å². The van der Waals surface area contributed by atoms with E-state index in [1.54, 1.807) is 6.92 Å². The Kier molecular flexibility index (Phi) is 8.26. The Morgan fingerprint density at radius 1 is 1.36 bits per heavy atom. The predicted octanol–water partition coefficient (Wildman–Crippen LogP) is 2.28. The van der Waals surface area contributed by atoms with Crippen LogP contribution in [0.4, 0.5) is 0 Å². The molecule has 0 aromatic heterocycles. The van der Waals surface area contributed by atoms with E-state index in [2.05, 4.69) is 12.2 Å². The number of carbonyl (C=O) groups excluding carboxylic acids is 1. The number of carbonyl (C=O) groups is 1. The minimum absolute atomic E-state index is 0.0660. The molecule has 0 aromatic carbocycles.